The number of esters is 1. The number of nitrogens with zero attached hydrogens (tertiary/aromatic N) is 6. The summed E-state index contributed by atoms with van der Waals surface area (Å²) in [5.74, 6) is 0.525. The van der Waals surface area contributed by atoms with Crippen molar-refractivity contribution in [1.29, 1.82) is 5.26 Å². The summed E-state index contributed by atoms with van der Waals surface area (Å²) in [4.78, 5) is 26.7. The number of nitriles is 1. The monoisotopic (exact) mass is 548 g/mol. The van der Waals surface area contributed by atoms with Gasteiger partial charge in [0, 0.05) is 35.5 Å². The maximum absolute atomic E-state index is 13.4. The molecule has 9 nitrogen and oxygen atoms in total. The van der Waals surface area contributed by atoms with Gasteiger partial charge in [0.05, 0.1) is 22.2 Å². The van der Waals surface area contributed by atoms with Gasteiger partial charge in [-0.25, -0.2) is 14.3 Å². The molecule has 1 N–H and O–H groups in total. The number of ether oxygens (including phenoxy) is 1. The van der Waals surface area contributed by atoms with Gasteiger partial charge in [0.2, 0.25) is 0 Å². The minimum absolute atomic E-state index is 0.0534. The lowest BCUT2D eigenvalue weighted by atomic mass is 9.75. The largest absolute Gasteiger partial charge is 0.452 e. The van der Waals surface area contributed by atoms with Crippen molar-refractivity contribution in [3.8, 4) is 6.07 Å². The number of halogens is 1. The lowest BCUT2D eigenvalue weighted by molar-refractivity contribution is -0.181. The van der Waals surface area contributed by atoms with E-state index >= 15 is 0 Å². The maximum atomic E-state index is 13.4. The lowest BCUT2D eigenvalue weighted by Crippen LogP contribution is -2.54. The highest BCUT2D eigenvalue weighted by Gasteiger charge is 2.51. The first-order valence-electron chi connectivity index (χ1n) is 13.4. The molecule has 0 amide bonds. The molecule has 2 unspecified atom stereocenters. The van der Waals surface area contributed by atoms with E-state index in [-0.39, 0.29) is 12.3 Å². The zero-order valence-electron chi connectivity index (χ0n) is 22.7. The minimum Gasteiger partial charge on any atom is -0.452 e. The fourth-order valence-corrected chi connectivity index (χ4v) is 6.32. The summed E-state index contributed by atoms with van der Waals surface area (Å²) in [5.41, 5.74) is 1.63. The van der Waals surface area contributed by atoms with Crippen molar-refractivity contribution in [2.24, 2.45) is 5.92 Å². The predicted octanol–water partition coefficient (Wildman–Crippen LogP) is 4.54. The molecule has 1 aliphatic carbocycles. The van der Waals surface area contributed by atoms with Crippen LogP contribution in [-0.4, -0.2) is 47.3 Å². The Hall–Kier alpha value is -3.35. The maximum Gasteiger partial charge on any atom is 0.334 e. The van der Waals surface area contributed by atoms with E-state index in [1.165, 1.54) is 0 Å². The third kappa shape index (κ3) is 5.15. The zero-order chi connectivity index (χ0) is 27.9. The van der Waals surface area contributed by atoms with Gasteiger partial charge in [0.1, 0.15) is 11.7 Å². The van der Waals surface area contributed by atoms with Gasteiger partial charge < -0.3 is 9.84 Å². The van der Waals surface area contributed by atoms with Crippen LogP contribution in [-0.2, 0) is 27.8 Å². The molecule has 10 heteroatoms. The van der Waals surface area contributed by atoms with E-state index in [0.717, 1.165) is 42.6 Å². The Balaban J connectivity index is 1.39. The molecule has 204 valence electrons. The van der Waals surface area contributed by atoms with E-state index in [0.29, 0.717) is 40.7 Å². The number of hydrogen-bond donors (Lipinski definition) is 1. The number of aromatic nitrogens is 5. The quantitative estimate of drug-likeness (QED) is 0.426. The lowest BCUT2D eigenvalue weighted by Gasteiger charge is -2.44. The second kappa shape index (κ2) is 10.3. The van der Waals surface area contributed by atoms with Crippen LogP contribution >= 0.6 is 11.6 Å². The van der Waals surface area contributed by atoms with Gasteiger partial charge in [0.25, 0.3) is 5.78 Å². The molecule has 3 aromatic heterocycles. The van der Waals surface area contributed by atoms with E-state index in [1.807, 2.05) is 26.0 Å². The summed E-state index contributed by atoms with van der Waals surface area (Å²) in [6, 6.07) is 5.96. The summed E-state index contributed by atoms with van der Waals surface area (Å²) in [6.07, 6.45) is 7.33. The van der Waals surface area contributed by atoms with Crippen LogP contribution in [0, 0.1) is 31.1 Å². The van der Waals surface area contributed by atoms with Crippen LogP contribution in [0.25, 0.3) is 5.78 Å². The molecule has 0 saturated heterocycles. The van der Waals surface area contributed by atoms with Gasteiger partial charge in [0.15, 0.2) is 5.82 Å². The summed E-state index contributed by atoms with van der Waals surface area (Å²) in [7, 11) is 0. The van der Waals surface area contributed by atoms with E-state index in [1.54, 1.807) is 30.6 Å². The third-order valence-electron chi connectivity index (χ3n) is 8.04. The van der Waals surface area contributed by atoms with Gasteiger partial charge >= 0.3 is 5.97 Å². The summed E-state index contributed by atoms with van der Waals surface area (Å²) in [6.45, 7) is 7.37. The van der Waals surface area contributed by atoms with Crippen LogP contribution in [0.1, 0.15) is 74.4 Å². The molecule has 39 heavy (non-hydrogen) atoms. The second-order valence-corrected chi connectivity index (χ2v) is 11.7. The molecule has 5 rings (SSSR count). The fourth-order valence-electron chi connectivity index (χ4n) is 5.89. The SMILES string of the molecule is Cc1cc(C)n2nc(CC3=CC(O)C(CCc4cnc(C(C)(C)C#N)c(Cl)c4)(C4CCCC4)OC3=O)nc2n1. The average Bonchev–Trinajstić information content (AvgIpc) is 3.56. The fraction of sp³-hybridized carbons (Fsp3) is 0.517. The number of cyclic esters (lactones) is 1. The highest BCUT2D eigenvalue weighted by molar-refractivity contribution is 6.31. The highest BCUT2D eigenvalue weighted by atomic mass is 35.5. The molecule has 0 radical (unpaired) electrons. The number of aryl methyl sites for hydroxylation is 3. The smallest absolute Gasteiger partial charge is 0.334 e. The Bertz CT molecular complexity index is 1500. The van der Waals surface area contributed by atoms with Gasteiger partial charge in [-0.1, -0.05) is 24.4 Å². The number of hydrogen-bond acceptors (Lipinski definition) is 8. The van der Waals surface area contributed by atoms with Crippen molar-refractivity contribution in [2.75, 3.05) is 0 Å². The van der Waals surface area contributed by atoms with Crippen molar-refractivity contribution in [3.63, 3.8) is 0 Å². The average molecular weight is 549 g/mol. The Morgan fingerprint density at radius 3 is 2.69 bits per heavy atom. The number of aliphatic hydroxyl groups excluding tert-OH is 1. The molecule has 4 heterocycles. The van der Waals surface area contributed by atoms with Crippen LogP contribution in [0.3, 0.4) is 0 Å². The van der Waals surface area contributed by atoms with Gasteiger partial charge in [-0.05, 0) is 77.2 Å². The Morgan fingerprint density at radius 1 is 1.26 bits per heavy atom. The predicted molar refractivity (Wildman–Crippen MR) is 145 cm³/mol. The van der Waals surface area contributed by atoms with Crippen molar-refractivity contribution >= 4 is 23.3 Å². The van der Waals surface area contributed by atoms with Crippen molar-refractivity contribution in [2.45, 2.75) is 89.8 Å². The number of pyridine rings is 1. The van der Waals surface area contributed by atoms with Crippen LogP contribution in [0.2, 0.25) is 5.02 Å². The molecular weight excluding hydrogens is 516 g/mol. The highest BCUT2D eigenvalue weighted by Crippen LogP contribution is 2.44. The van der Waals surface area contributed by atoms with Crippen LogP contribution in [0.15, 0.2) is 30.0 Å². The van der Waals surface area contributed by atoms with Crippen LogP contribution in [0.4, 0.5) is 0 Å². The summed E-state index contributed by atoms with van der Waals surface area (Å²) < 4.78 is 7.84. The standard InChI is InChI=1S/C29H33ClN6O3/c1-17-11-18(2)36-27(33-17)34-24(35-36)14-20-13-23(37)29(39-26(20)38,21-7-5-6-8-21)10-9-19-12-22(30)25(32-15-19)28(3,4)16-31/h11-13,15,21,23,37H,5-10,14H2,1-4H3. The molecule has 1 fully saturated rings. The topological polar surface area (TPSA) is 126 Å². The van der Waals surface area contributed by atoms with E-state index < -0.39 is 23.1 Å². The third-order valence-corrected chi connectivity index (χ3v) is 8.32. The molecule has 2 atom stereocenters. The number of rotatable bonds is 7. The molecule has 2 aliphatic rings. The summed E-state index contributed by atoms with van der Waals surface area (Å²) in [5, 5.41) is 25.9. The molecule has 0 aromatic carbocycles. The van der Waals surface area contributed by atoms with Crippen molar-refractivity contribution in [3.05, 3.63) is 63.5 Å². The second-order valence-electron chi connectivity index (χ2n) is 11.3. The van der Waals surface area contributed by atoms with E-state index in [4.69, 9.17) is 16.3 Å². The molecular formula is C29H33ClN6O3. The van der Waals surface area contributed by atoms with E-state index in [9.17, 15) is 15.2 Å². The first-order chi connectivity index (χ1) is 18.5. The molecule has 0 spiro atoms. The first kappa shape index (κ1) is 27.2. The molecule has 1 saturated carbocycles. The minimum atomic E-state index is -1.03. The molecule has 1 aliphatic heterocycles. The van der Waals surface area contributed by atoms with Gasteiger partial charge in [-0.2, -0.15) is 10.2 Å². The first-order valence-corrected chi connectivity index (χ1v) is 13.8. The molecule has 0 bridgehead atoms. The Kier molecular flexibility index (Phi) is 7.21. The van der Waals surface area contributed by atoms with E-state index in [2.05, 4.69) is 26.1 Å². The number of aliphatic hydroxyl groups is 1. The van der Waals surface area contributed by atoms with Crippen LogP contribution in [0.5, 0.6) is 0 Å². The number of carbonyl (C=O) groups is 1. The number of carbonyl (C=O) groups excluding carboxylic acids is 1. The molecule has 3 aromatic rings. The Morgan fingerprint density at radius 2 is 2.00 bits per heavy atom. The number of fused-ring (bicyclic) bond motifs is 1. The Labute approximate surface area is 232 Å². The van der Waals surface area contributed by atoms with Gasteiger partial charge in [-0.15, -0.1) is 5.10 Å². The van der Waals surface area contributed by atoms with Gasteiger partial charge in [-0.3, -0.25) is 4.98 Å². The normalized spacial score (nSPS) is 22.1. The zero-order valence-corrected chi connectivity index (χ0v) is 23.5. The van der Waals surface area contributed by atoms with Crippen molar-refractivity contribution in [1.82, 2.24) is 24.6 Å². The van der Waals surface area contributed by atoms with Crippen molar-refractivity contribution < 1.29 is 14.6 Å². The summed E-state index contributed by atoms with van der Waals surface area (Å²) >= 11 is 6.50. The van der Waals surface area contributed by atoms with Crippen LogP contribution < -0.4 is 0 Å².